The highest BCUT2D eigenvalue weighted by molar-refractivity contribution is 7.99. The van der Waals surface area contributed by atoms with Crippen LogP contribution in [0.25, 0.3) is 0 Å². The van der Waals surface area contributed by atoms with E-state index in [0.717, 1.165) is 25.4 Å². The van der Waals surface area contributed by atoms with Crippen LogP contribution in [0.5, 0.6) is 0 Å². The molecule has 0 saturated carbocycles. The Bertz CT molecular complexity index is 310. The zero-order chi connectivity index (χ0) is 11.2. The molecule has 2 rings (SSSR count). The maximum absolute atomic E-state index is 5.02. The van der Waals surface area contributed by atoms with Gasteiger partial charge in [-0.25, -0.2) is 0 Å². The highest BCUT2D eigenvalue weighted by Crippen LogP contribution is 2.20. The van der Waals surface area contributed by atoms with Gasteiger partial charge in [-0.05, 0) is 18.6 Å². The predicted octanol–water partition coefficient (Wildman–Crippen LogP) is 1.84. The highest BCUT2D eigenvalue weighted by Gasteiger charge is 2.15. The molecule has 1 atom stereocenters. The van der Waals surface area contributed by atoms with Crippen molar-refractivity contribution in [3.63, 3.8) is 0 Å². The summed E-state index contributed by atoms with van der Waals surface area (Å²) in [5.41, 5.74) is 0. The van der Waals surface area contributed by atoms with Gasteiger partial charge in [0, 0.05) is 44.3 Å². The Morgan fingerprint density at radius 2 is 2.62 bits per heavy atom. The number of ether oxygens (including phenoxy) is 1. The SMILES string of the molecule is COCCCn1ccc(N[C@@H]2CCSC2)n1. The molecule has 0 aliphatic carbocycles. The molecule has 1 saturated heterocycles. The Labute approximate surface area is 101 Å². The number of rotatable bonds is 6. The van der Waals surface area contributed by atoms with Crippen LogP contribution in [0.1, 0.15) is 12.8 Å². The first-order valence-corrected chi connectivity index (χ1v) is 6.90. The molecule has 0 unspecified atom stereocenters. The van der Waals surface area contributed by atoms with Gasteiger partial charge in [0.25, 0.3) is 0 Å². The molecule has 4 nitrogen and oxygen atoms in total. The summed E-state index contributed by atoms with van der Waals surface area (Å²) in [7, 11) is 1.73. The molecule has 0 amide bonds. The smallest absolute Gasteiger partial charge is 0.148 e. The molecule has 90 valence electrons. The molecule has 16 heavy (non-hydrogen) atoms. The van der Waals surface area contributed by atoms with Crippen molar-refractivity contribution < 1.29 is 4.74 Å². The monoisotopic (exact) mass is 241 g/mol. The summed E-state index contributed by atoms with van der Waals surface area (Å²) < 4.78 is 6.99. The van der Waals surface area contributed by atoms with Gasteiger partial charge in [0.15, 0.2) is 0 Å². The average Bonchev–Trinajstić information content (AvgIpc) is 2.91. The van der Waals surface area contributed by atoms with E-state index in [4.69, 9.17) is 4.74 Å². The van der Waals surface area contributed by atoms with Crippen molar-refractivity contribution in [2.75, 3.05) is 30.5 Å². The second-order valence-electron chi connectivity index (χ2n) is 4.02. The van der Waals surface area contributed by atoms with Gasteiger partial charge in [0.1, 0.15) is 5.82 Å². The van der Waals surface area contributed by atoms with Crippen LogP contribution in [0, 0.1) is 0 Å². The minimum atomic E-state index is 0.604. The first-order chi connectivity index (χ1) is 7.88. The van der Waals surface area contributed by atoms with Gasteiger partial charge < -0.3 is 10.1 Å². The van der Waals surface area contributed by atoms with E-state index in [2.05, 4.69) is 16.5 Å². The molecule has 1 N–H and O–H groups in total. The third kappa shape index (κ3) is 3.42. The second kappa shape index (κ2) is 6.15. The van der Waals surface area contributed by atoms with E-state index in [1.54, 1.807) is 7.11 Å². The summed E-state index contributed by atoms with van der Waals surface area (Å²) in [5.74, 6) is 3.48. The lowest BCUT2D eigenvalue weighted by Gasteiger charge is -2.09. The number of aryl methyl sites for hydroxylation is 1. The van der Waals surface area contributed by atoms with Crippen LogP contribution >= 0.6 is 11.8 Å². The molecule has 5 heteroatoms. The fourth-order valence-electron chi connectivity index (χ4n) is 1.79. The molecular weight excluding hydrogens is 222 g/mol. The fourth-order valence-corrected chi connectivity index (χ4v) is 2.94. The molecule has 1 aromatic heterocycles. The Balaban J connectivity index is 1.77. The lowest BCUT2D eigenvalue weighted by atomic mass is 10.3. The van der Waals surface area contributed by atoms with E-state index in [9.17, 15) is 0 Å². The molecule has 2 heterocycles. The van der Waals surface area contributed by atoms with Crippen LogP contribution in [0.15, 0.2) is 12.3 Å². The van der Waals surface area contributed by atoms with Gasteiger partial charge in [-0.15, -0.1) is 0 Å². The molecule has 1 aromatic rings. The van der Waals surface area contributed by atoms with Gasteiger partial charge in [0.2, 0.25) is 0 Å². The lowest BCUT2D eigenvalue weighted by molar-refractivity contribution is 0.189. The van der Waals surface area contributed by atoms with Gasteiger partial charge >= 0.3 is 0 Å². The summed E-state index contributed by atoms with van der Waals surface area (Å²) in [4.78, 5) is 0. The Morgan fingerprint density at radius 3 is 3.38 bits per heavy atom. The van der Waals surface area contributed by atoms with Crippen molar-refractivity contribution >= 4 is 17.6 Å². The number of aromatic nitrogens is 2. The Hall–Kier alpha value is -0.680. The summed E-state index contributed by atoms with van der Waals surface area (Å²) >= 11 is 2.01. The number of methoxy groups -OCH3 is 1. The van der Waals surface area contributed by atoms with E-state index in [1.165, 1.54) is 17.9 Å². The maximum Gasteiger partial charge on any atom is 0.148 e. The number of anilines is 1. The van der Waals surface area contributed by atoms with Crippen molar-refractivity contribution in [2.24, 2.45) is 0 Å². The van der Waals surface area contributed by atoms with Crippen molar-refractivity contribution in [3.05, 3.63) is 12.3 Å². The molecule has 1 aliphatic heterocycles. The normalized spacial score (nSPS) is 20.2. The standard InChI is InChI=1S/C11H19N3OS/c1-15-7-2-5-14-6-3-11(13-14)12-10-4-8-16-9-10/h3,6,10H,2,4-5,7-9H2,1H3,(H,12,13)/t10-/m1/s1. The minimum Gasteiger partial charge on any atom is -0.385 e. The van der Waals surface area contributed by atoms with Crippen LogP contribution < -0.4 is 5.32 Å². The number of thioether (sulfide) groups is 1. The molecule has 0 bridgehead atoms. The number of hydrogen-bond acceptors (Lipinski definition) is 4. The molecular formula is C11H19N3OS. The quantitative estimate of drug-likeness (QED) is 0.771. The van der Waals surface area contributed by atoms with E-state index >= 15 is 0 Å². The van der Waals surface area contributed by atoms with Crippen molar-refractivity contribution in [1.29, 1.82) is 0 Å². The fraction of sp³-hybridized carbons (Fsp3) is 0.727. The predicted molar refractivity (Wildman–Crippen MR) is 68.1 cm³/mol. The first-order valence-electron chi connectivity index (χ1n) is 5.75. The molecule has 0 spiro atoms. The number of hydrogen-bond donors (Lipinski definition) is 1. The first kappa shape index (κ1) is 11.8. The topological polar surface area (TPSA) is 39.1 Å². The third-order valence-electron chi connectivity index (χ3n) is 2.66. The van der Waals surface area contributed by atoms with Crippen molar-refractivity contribution in [3.8, 4) is 0 Å². The summed E-state index contributed by atoms with van der Waals surface area (Å²) in [6.45, 7) is 1.72. The zero-order valence-electron chi connectivity index (χ0n) is 9.69. The molecule has 0 radical (unpaired) electrons. The van der Waals surface area contributed by atoms with Gasteiger partial charge in [-0.1, -0.05) is 0 Å². The Morgan fingerprint density at radius 1 is 1.69 bits per heavy atom. The summed E-state index contributed by atoms with van der Waals surface area (Å²) in [6.07, 6.45) is 4.29. The molecule has 1 fully saturated rings. The van der Waals surface area contributed by atoms with Gasteiger partial charge in [-0.3, -0.25) is 4.68 Å². The van der Waals surface area contributed by atoms with Crippen LogP contribution in [0.3, 0.4) is 0 Å². The lowest BCUT2D eigenvalue weighted by Crippen LogP contribution is -2.18. The summed E-state index contributed by atoms with van der Waals surface area (Å²) in [5, 5.41) is 7.95. The second-order valence-corrected chi connectivity index (χ2v) is 5.17. The van der Waals surface area contributed by atoms with Crippen LogP contribution in [0.2, 0.25) is 0 Å². The van der Waals surface area contributed by atoms with Gasteiger partial charge in [-0.2, -0.15) is 16.9 Å². The average molecular weight is 241 g/mol. The van der Waals surface area contributed by atoms with E-state index in [1.807, 2.05) is 22.6 Å². The van der Waals surface area contributed by atoms with Crippen LogP contribution in [-0.2, 0) is 11.3 Å². The third-order valence-corrected chi connectivity index (χ3v) is 3.82. The van der Waals surface area contributed by atoms with E-state index in [0.29, 0.717) is 6.04 Å². The largest absolute Gasteiger partial charge is 0.385 e. The van der Waals surface area contributed by atoms with E-state index < -0.39 is 0 Å². The maximum atomic E-state index is 5.02. The number of nitrogens with zero attached hydrogens (tertiary/aromatic N) is 2. The van der Waals surface area contributed by atoms with Crippen LogP contribution in [0.4, 0.5) is 5.82 Å². The highest BCUT2D eigenvalue weighted by atomic mass is 32.2. The molecule has 0 aromatic carbocycles. The zero-order valence-corrected chi connectivity index (χ0v) is 10.5. The van der Waals surface area contributed by atoms with E-state index in [-0.39, 0.29) is 0 Å². The van der Waals surface area contributed by atoms with Gasteiger partial charge in [0.05, 0.1) is 0 Å². The molecule has 1 aliphatic rings. The Kier molecular flexibility index (Phi) is 4.54. The van der Waals surface area contributed by atoms with Crippen molar-refractivity contribution in [1.82, 2.24) is 9.78 Å². The van der Waals surface area contributed by atoms with Crippen molar-refractivity contribution in [2.45, 2.75) is 25.4 Å². The summed E-state index contributed by atoms with van der Waals surface area (Å²) in [6, 6.07) is 2.66. The minimum absolute atomic E-state index is 0.604. The van der Waals surface area contributed by atoms with Crippen LogP contribution in [-0.4, -0.2) is 41.0 Å². The number of nitrogens with one attached hydrogen (secondary N) is 1.